The predicted octanol–water partition coefficient (Wildman–Crippen LogP) is 3.70. The van der Waals surface area contributed by atoms with Crippen LogP contribution in [0, 0.1) is 6.92 Å². The third-order valence-electron chi connectivity index (χ3n) is 3.94. The number of halogens is 1. The van der Waals surface area contributed by atoms with E-state index in [-0.39, 0.29) is 4.90 Å². The van der Waals surface area contributed by atoms with Crippen LogP contribution in [0.4, 0.5) is 5.69 Å². The van der Waals surface area contributed by atoms with Gasteiger partial charge in [-0.2, -0.15) is 5.10 Å². The summed E-state index contributed by atoms with van der Waals surface area (Å²) in [7, 11) is -3.96. The van der Waals surface area contributed by atoms with Crippen molar-refractivity contribution < 1.29 is 17.6 Å². The van der Waals surface area contributed by atoms with Crippen molar-refractivity contribution in [1.82, 2.24) is 5.43 Å². The molecule has 3 aromatic rings. The summed E-state index contributed by atoms with van der Waals surface area (Å²) in [6.07, 6.45) is 2.81. The lowest BCUT2D eigenvalue weighted by Crippen LogP contribution is -2.39. The van der Waals surface area contributed by atoms with Crippen LogP contribution in [0.2, 0.25) is 0 Å². The maximum atomic E-state index is 13.2. The minimum Gasteiger partial charge on any atom is -0.463 e. The van der Waals surface area contributed by atoms with Gasteiger partial charge in [-0.3, -0.25) is 9.10 Å². The SMILES string of the molecule is Cc1ccc(S(=O)(=O)N(CC(=O)N/N=C\c2ccco2)c2ccc(Br)cc2)cc1. The molecule has 1 aromatic heterocycles. The molecule has 1 heterocycles. The van der Waals surface area contributed by atoms with Crippen LogP contribution >= 0.6 is 15.9 Å². The maximum Gasteiger partial charge on any atom is 0.264 e. The average molecular weight is 476 g/mol. The molecule has 7 nitrogen and oxygen atoms in total. The number of hydrogen-bond acceptors (Lipinski definition) is 5. The van der Waals surface area contributed by atoms with Crippen molar-refractivity contribution in [2.45, 2.75) is 11.8 Å². The number of furan rings is 1. The second-order valence-electron chi connectivity index (χ2n) is 6.11. The van der Waals surface area contributed by atoms with E-state index in [0.29, 0.717) is 11.4 Å². The Balaban J connectivity index is 1.85. The quantitative estimate of drug-likeness (QED) is 0.416. The highest BCUT2D eigenvalue weighted by Crippen LogP contribution is 2.25. The molecule has 0 aliphatic carbocycles. The zero-order valence-corrected chi connectivity index (χ0v) is 17.9. The Morgan fingerprint density at radius 1 is 1.14 bits per heavy atom. The lowest BCUT2D eigenvalue weighted by Gasteiger charge is -2.23. The van der Waals surface area contributed by atoms with Gasteiger partial charge in [-0.1, -0.05) is 33.6 Å². The van der Waals surface area contributed by atoms with E-state index < -0.39 is 22.5 Å². The van der Waals surface area contributed by atoms with Gasteiger partial charge in [-0.25, -0.2) is 13.8 Å². The average Bonchev–Trinajstić information content (AvgIpc) is 3.21. The number of rotatable bonds is 7. The van der Waals surface area contributed by atoms with E-state index in [1.54, 1.807) is 48.5 Å². The van der Waals surface area contributed by atoms with Gasteiger partial charge in [0.05, 0.1) is 23.1 Å². The van der Waals surface area contributed by atoms with Gasteiger partial charge in [-0.15, -0.1) is 0 Å². The van der Waals surface area contributed by atoms with Crippen LogP contribution in [0.3, 0.4) is 0 Å². The highest BCUT2D eigenvalue weighted by molar-refractivity contribution is 9.10. The molecule has 150 valence electrons. The number of sulfonamides is 1. The normalized spacial score (nSPS) is 11.5. The van der Waals surface area contributed by atoms with Crippen molar-refractivity contribution >= 4 is 43.8 Å². The van der Waals surface area contributed by atoms with Crippen LogP contribution in [0.25, 0.3) is 0 Å². The summed E-state index contributed by atoms with van der Waals surface area (Å²) in [6, 6.07) is 16.5. The molecule has 0 atom stereocenters. The van der Waals surface area contributed by atoms with Crippen LogP contribution < -0.4 is 9.73 Å². The number of anilines is 1. The summed E-state index contributed by atoms with van der Waals surface area (Å²) in [5, 5.41) is 3.79. The van der Waals surface area contributed by atoms with Crippen molar-refractivity contribution in [2.24, 2.45) is 5.10 Å². The van der Waals surface area contributed by atoms with Crippen molar-refractivity contribution in [3.8, 4) is 0 Å². The van der Waals surface area contributed by atoms with E-state index in [2.05, 4.69) is 26.5 Å². The Hall–Kier alpha value is -2.91. The Morgan fingerprint density at radius 3 is 2.45 bits per heavy atom. The van der Waals surface area contributed by atoms with Crippen molar-refractivity contribution in [1.29, 1.82) is 0 Å². The second kappa shape index (κ2) is 9.06. The molecular formula is C20H18BrN3O4S. The third kappa shape index (κ3) is 5.33. The maximum absolute atomic E-state index is 13.2. The van der Waals surface area contributed by atoms with Gasteiger partial charge >= 0.3 is 0 Å². The highest BCUT2D eigenvalue weighted by Gasteiger charge is 2.27. The summed E-state index contributed by atoms with van der Waals surface area (Å²) in [5.74, 6) is -0.131. The minimum atomic E-state index is -3.96. The Labute approximate surface area is 177 Å². The number of nitrogens with one attached hydrogen (secondary N) is 1. The van der Waals surface area contributed by atoms with Crippen molar-refractivity contribution in [3.05, 3.63) is 82.7 Å². The van der Waals surface area contributed by atoms with Crippen LogP contribution in [0.1, 0.15) is 11.3 Å². The monoisotopic (exact) mass is 475 g/mol. The molecule has 0 saturated heterocycles. The van der Waals surface area contributed by atoms with E-state index in [9.17, 15) is 13.2 Å². The standard InChI is InChI=1S/C20H18BrN3O4S/c1-15-4-10-19(11-5-15)29(26,27)24(17-8-6-16(21)7-9-17)14-20(25)23-22-13-18-3-2-12-28-18/h2-13H,14H2,1H3,(H,23,25)/b22-13-. The number of benzene rings is 2. The highest BCUT2D eigenvalue weighted by atomic mass is 79.9. The first-order valence-electron chi connectivity index (χ1n) is 8.56. The summed E-state index contributed by atoms with van der Waals surface area (Å²) >= 11 is 3.33. The van der Waals surface area contributed by atoms with E-state index in [1.165, 1.54) is 24.6 Å². The van der Waals surface area contributed by atoms with Gasteiger partial charge in [0.1, 0.15) is 12.3 Å². The number of hydrogen-bond donors (Lipinski definition) is 1. The predicted molar refractivity (Wildman–Crippen MR) is 114 cm³/mol. The Morgan fingerprint density at radius 2 is 1.83 bits per heavy atom. The fraction of sp³-hybridized carbons (Fsp3) is 0.100. The van der Waals surface area contributed by atoms with Gasteiger partial charge in [0.15, 0.2) is 0 Å². The zero-order valence-electron chi connectivity index (χ0n) is 15.4. The van der Waals surface area contributed by atoms with Gasteiger partial charge in [0, 0.05) is 4.47 Å². The number of aryl methyl sites for hydroxylation is 1. The van der Waals surface area contributed by atoms with Crippen molar-refractivity contribution in [2.75, 3.05) is 10.8 Å². The number of hydrazone groups is 1. The molecule has 3 rings (SSSR count). The lowest BCUT2D eigenvalue weighted by molar-refractivity contribution is -0.119. The molecule has 0 saturated carbocycles. The van der Waals surface area contributed by atoms with E-state index in [1.807, 2.05) is 6.92 Å². The fourth-order valence-corrected chi connectivity index (χ4v) is 4.14. The molecule has 1 amide bonds. The second-order valence-corrected chi connectivity index (χ2v) is 8.89. The Kier molecular flexibility index (Phi) is 6.50. The van der Waals surface area contributed by atoms with Crippen LogP contribution in [-0.2, 0) is 14.8 Å². The molecule has 29 heavy (non-hydrogen) atoms. The summed E-state index contributed by atoms with van der Waals surface area (Å²) in [4.78, 5) is 12.5. The van der Waals surface area contributed by atoms with E-state index in [0.717, 1.165) is 14.3 Å². The first-order chi connectivity index (χ1) is 13.9. The largest absolute Gasteiger partial charge is 0.463 e. The molecule has 0 aliphatic heterocycles. The van der Waals surface area contributed by atoms with Crippen molar-refractivity contribution in [3.63, 3.8) is 0 Å². The smallest absolute Gasteiger partial charge is 0.264 e. The number of carbonyl (C=O) groups is 1. The molecule has 2 aromatic carbocycles. The van der Waals surface area contributed by atoms with Crippen LogP contribution in [-0.4, -0.2) is 27.1 Å². The molecule has 0 radical (unpaired) electrons. The lowest BCUT2D eigenvalue weighted by atomic mass is 10.2. The molecule has 0 aliphatic rings. The molecule has 0 fully saturated rings. The fourth-order valence-electron chi connectivity index (χ4n) is 2.46. The molecule has 0 spiro atoms. The molecule has 1 N–H and O–H groups in total. The van der Waals surface area contributed by atoms with Crippen LogP contribution in [0.5, 0.6) is 0 Å². The molecule has 0 unspecified atom stereocenters. The van der Waals surface area contributed by atoms with E-state index in [4.69, 9.17) is 4.42 Å². The van der Waals surface area contributed by atoms with Crippen LogP contribution in [0.15, 0.2) is 85.8 Å². The van der Waals surface area contributed by atoms with E-state index >= 15 is 0 Å². The first kappa shape index (κ1) is 20.8. The van der Waals surface area contributed by atoms with Gasteiger partial charge < -0.3 is 4.42 Å². The van der Waals surface area contributed by atoms with Gasteiger partial charge in [-0.05, 0) is 55.5 Å². The third-order valence-corrected chi connectivity index (χ3v) is 6.25. The molecular weight excluding hydrogens is 458 g/mol. The minimum absolute atomic E-state index is 0.0953. The number of carbonyl (C=O) groups excluding carboxylic acids is 1. The zero-order chi connectivity index (χ0) is 20.9. The number of amides is 1. The van der Waals surface area contributed by atoms with Gasteiger partial charge in [0.25, 0.3) is 15.9 Å². The molecule has 0 bridgehead atoms. The van der Waals surface area contributed by atoms with Gasteiger partial charge in [0.2, 0.25) is 0 Å². The summed E-state index contributed by atoms with van der Waals surface area (Å²) in [6.45, 7) is 1.43. The first-order valence-corrected chi connectivity index (χ1v) is 10.8. The number of nitrogens with zero attached hydrogens (tertiary/aromatic N) is 2. The Bertz CT molecular complexity index is 1090. The summed E-state index contributed by atoms with van der Waals surface area (Å²) in [5.41, 5.74) is 3.61. The topological polar surface area (TPSA) is 92.0 Å². The summed E-state index contributed by atoms with van der Waals surface area (Å²) < 4.78 is 33.3. The molecule has 9 heteroatoms.